The number of hydrogen-bond donors (Lipinski definition) is 0. The number of carbonyl (C=O) groups is 2. The second-order valence-corrected chi connectivity index (χ2v) is 7.47. The van der Waals surface area contributed by atoms with E-state index in [1.807, 2.05) is 19.1 Å². The van der Waals surface area contributed by atoms with Crippen LogP contribution in [0.1, 0.15) is 27.6 Å². The van der Waals surface area contributed by atoms with Crippen LogP contribution in [0, 0.1) is 11.8 Å². The van der Waals surface area contributed by atoms with Crippen LogP contribution in [0.15, 0.2) is 65.8 Å². The van der Waals surface area contributed by atoms with Gasteiger partial charge in [-0.25, -0.2) is 9.59 Å². The minimum atomic E-state index is -0.743. The Hall–Kier alpha value is -3.35. The molecule has 1 aliphatic heterocycles. The maximum Gasteiger partial charge on any atom is 0.338 e. The van der Waals surface area contributed by atoms with Crippen LogP contribution in [0.3, 0.4) is 0 Å². The second kappa shape index (κ2) is 8.57. The molecule has 1 saturated heterocycles. The van der Waals surface area contributed by atoms with Gasteiger partial charge in [-0.3, -0.25) is 0 Å². The summed E-state index contributed by atoms with van der Waals surface area (Å²) < 4.78 is 17.3. The zero-order valence-corrected chi connectivity index (χ0v) is 16.3. The molecule has 1 heterocycles. The van der Waals surface area contributed by atoms with Gasteiger partial charge in [0, 0.05) is 17.4 Å². The number of rotatable bonds is 6. The Morgan fingerprint density at radius 1 is 0.933 bits per heavy atom. The van der Waals surface area contributed by atoms with E-state index >= 15 is 0 Å². The maximum absolute atomic E-state index is 12.7. The summed E-state index contributed by atoms with van der Waals surface area (Å²) in [7, 11) is 0. The fourth-order valence-corrected chi connectivity index (χ4v) is 4.02. The number of carbonyl (C=O) groups excluding carboxylic acids is 2. The standard InChI is InChI=1S/C22H21N3O5/c1-13-16(12-24-25-23)18-20(28-18)19(30-22(27)15-10-6-3-7-11-15)17(13)29-21(26)14-8-4-2-5-9-14/h2-11,13,16-20H,12H2,1H3/t13-,16-,17+,18-,19-,20-/m1/s1. The van der Waals surface area contributed by atoms with Crippen molar-refractivity contribution in [2.45, 2.75) is 31.3 Å². The number of azide groups is 1. The number of fused-ring (bicyclic) bond motifs is 1. The molecule has 2 aromatic carbocycles. The molecule has 0 aromatic heterocycles. The van der Waals surface area contributed by atoms with Gasteiger partial charge in [-0.2, -0.15) is 0 Å². The lowest BCUT2D eigenvalue weighted by molar-refractivity contribution is -0.0756. The third-order valence-electron chi connectivity index (χ3n) is 5.69. The number of nitrogens with zero attached hydrogens (tertiary/aromatic N) is 3. The Morgan fingerprint density at radius 3 is 2.00 bits per heavy atom. The Bertz CT molecular complexity index is 961. The van der Waals surface area contributed by atoms with Gasteiger partial charge in [-0.05, 0) is 35.7 Å². The number of hydrogen-bond acceptors (Lipinski definition) is 6. The summed E-state index contributed by atoms with van der Waals surface area (Å²) in [5.41, 5.74) is 9.52. The third-order valence-corrected chi connectivity index (χ3v) is 5.69. The van der Waals surface area contributed by atoms with Gasteiger partial charge in [0.15, 0.2) is 6.10 Å². The topological polar surface area (TPSA) is 114 Å². The minimum absolute atomic E-state index is 0.133. The van der Waals surface area contributed by atoms with Crippen LogP contribution in [0.4, 0.5) is 0 Å². The first-order valence-corrected chi connectivity index (χ1v) is 9.78. The molecule has 0 bridgehead atoms. The van der Waals surface area contributed by atoms with Crippen molar-refractivity contribution in [1.29, 1.82) is 0 Å². The van der Waals surface area contributed by atoms with Gasteiger partial charge in [0.2, 0.25) is 0 Å². The maximum atomic E-state index is 12.7. The molecule has 0 radical (unpaired) electrons. The average Bonchev–Trinajstić information content (AvgIpc) is 3.57. The summed E-state index contributed by atoms with van der Waals surface area (Å²) in [4.78, 5) is 28.2. The number of ether oxygens (including phenoxy) is 3. The predicted octanol–water partition coefficient (Wildman–Crippen LogP) is 3.78. The lowest BCUT2D eigenvalue weighted by Crippen LogP contribution is -2.51. The van der Waals surface area contributed by atoms with Gasteiger partial charge in [-0.1, -0.05) is 48.4 Å². The van der Waals surface area contributed by atoms with E-state index in [1.54, 1.807) is 48.5 Å². The van der Waals surface area contributed by atoms with Crippen molar-refractivity contribution in [3.63, 3.8) is 0 Å². The van der Waals surface area contributed by atoms with E-state index in [1.165, 1.54) is 0 Å². The van der Waals surface area contributed by atoms with E-state index in [-0.39, 0.29) is 24.5 Å². The van der Waals surface area contributed by atoms with Gasteiger partial charge in [-0.15, -0.1) is 0 Å². The fourth-order valence-electron chi connectivity index (χ4n) is 4.02. The normalized spacial score (nSPS) is 29.1. The molecule has 0 N–H and O–H groups in total. The van der Waals surface area contributed by atoms with Crippen molar-refractivity contribution < 1.29 is 23.8 Å². The highest BCUT2D eigenvalue weighted by molar-refractivity contribution is 5.90. The van der Waals surface area contributed by atoms with Crippen LogP contribution < -0.4 is 0 Å². The molecule has 6 atom stereocenters. The summed E-state index contributed by atoms with van der Waals surface area (Å²) in [6.45, 7) is 2.11. The smallest absolute Gasteiger partial charge is 0.338 e. The highest BCUT2D eigenvalue weighted by Crippen LogP contribution is 2.47. The van der Waals surface area contributed by atoms with Gasteiger partial charge in [0.05, 0.1) is 17.2 Å². The van der Waals surface area contributed by atoms with Crippen LogP contribution >= 0.6 is 0 Å². The Balaban J connectivity index is 1.57. The molecule has 0 amide bonds. The second-order valence-electron chi connectivity index (χ2n) is 7.47. The van der Waals surface area contributed by atoms with Crippen LogP contribution in [0.5, 0.6) is 0 Å². The highest BCUT2D eigenvalue weighted by atomic mass is 16.7. The van der Waals surface area contributed by atoms with E-state index in [9.17, 15) is 9.59 Å². The Kier molecular flexibility index (Phi) is 5.70. The predicted molar refractivity (Wildman–Crippen MR) is 107 cm³/mol. The Morgan fingerprint density at radius 2 is 1.47 bits per heavy atom. The van der Waals surface area contributed by atoms with Crippen molar-refractivity contribution in [3.05, 3.63) is 82.2 Å². The van der Waals surface area contributed by atoms with Crippen LogP contribution in [-0.4, -0.2) is 42.9 Å². The first-order valence-electron chi connectivity index (χ1n) is 9.78. The van der Waals surface area contributed by atoms with Gasteiger partial charge >= 0.3 is 11.9 Å². The molecule has 8 nitrogen and oxygen atoms in total. The molecule has 2 fully saturated rings. The van der Waals surface area contributed by atoms with E-state index in [2.05, 4.69) is 10.0 Å². The third kappa shape index (κ3) is 4.01. The lowest BCUT2D eigenvalue weighted by Gasteiger charge is -2.37. The Labute approximate surface area is 173 Å². The largest absolute Gasteiger partial charge is 0.454 e. The first-order chi connectivity index (χ1) is 14.6. The summed E-state index contributed by atoms with van der Waals surface area (Å²) in [6.07, 6.45) is -2.08. The molecule has 1 aliphatic carbocycles. The van der Waals surface area contributed by atoms with Crippen molar-refractivity contribution in [3.8, 4) is 0 Å². The monoisotopic (exact) mass is 407 g/mol. The van der Waals surface area contributed by atoms with Crippen molar-refractivity contribution in [2.24, 2.45) is 17.0 Å². The number of epoxide rings is 1. The fraction of sp³-hybridized carbons (Fsp3) is 0.364. The summed E-state index contributed by atoms with van der Waals surface area (Å²) >= 11 is 0. The quantitative estimate of drug-likeness (QED) is 0.238. The molecule has 0 unspecified atom stereocenters. The van der Waals surface area contributed by atoms with Crippen molar-refractivity contribution >= 4 is 11.9 Å². The lowest BCUT2D eigenvalue weighted by atomic mass is 9.76. The van der Waals surface area contributed by atoms with E-state index in [4.69, 9.17) is 19.7 Å². The van der Waals surface area contributed by atoms with Crippen molar-refractivity contribution in [1.82, 2.24) is 0 Å². The zero-order valence-electron chi connectivity index (χ0n) is 16.3. The number of benzene rings is 2. The molecular weight excluding hydrogens is 386 g/mol. The molecule has 30 heavy (non-hydrogen) atoms. The first kappa shape index (κ1) is 19.9. The molecule has 154 valence electrons. The molecular formula is C22H21N3O5. The van der Waals surface area contributed by atoms with E-state index in [0.29, 0.717) is 11.1 Å². The SMILES string of the molecule is C[C@@H]1[C@@H](CN=[N+]=[N-])[C@H]2O[C@H]2[C@H](OC(=O)c2ccccc2)[C@H]1OC(=O)c1ccccc1. The van der Waals surface area contributed by atoms with Crippen LogP contribution in [-0.2, 0) is 14.2 Å². The van der Waals surface area contributed by atoms with Gasteiger partial charge in [0.25, 0.3) is 0 Å². The summed E-state index contributed by atoms with van der Waals surface area (Å²) in [5.74, 6) is -1.38. The molecule has 1 saturated carbocycles. The molecule has 2 aliphatic rings. The van der Waals surface area contributed by atoms with Crippen molar-refractivity contribution in [2.75, 3.05) is 6.54 Å². The van der Waals surface area contributed by atoms with Crippen LogP contribution in [0.25, 0.3) is 10.4 Å². The summed E-state index contributed by atoms with van der Waals surface area (Å²) in [6, 6.07) is 17.3. The van der Waals surface area contributed by atoms with Gasteiger partial charge in [0.1, 0.15) is 12.2 Å². The molecule has 8 heteroatoms. The number of esters is 2. The van der Waals surface area contributed by atoms with Crippen LogP contribution in [0.2, 0.25) is 0 Å². The van der Waals surface area contributed by atoms with E-state index in [0.717, 1.165) is 0 Å². The zero-order chi connectivity index (χ0) is 21.1. The molecule has 4 rings (SSSR count). The summed E-state index contributed by atoms with van der Waals surface area (Å²) in [5, 5.41) is 3.68. The van der Waals surface area contributed by atoms with Gasteiger partial charge < -0.3 is 14.2 Å². The average molecular weight is 407 g/mol. The molecule has 2 aromatic rings. The highest BCUT2D eigenvalue weighted by Gasteiger charge is 2.62. The minimum Gasteiger partial charge on any atom is -0.454 e. The molecule has 0 spiro atoms. The van der Waals surface area contributed by atoms with E-state index < -0.39 is 30.3 Å².